The molecule has 0 amide bonds. The second-order valence-electron chi connectivity index (χ2n) is 4.92. The third-order valence-electron chi connectivity index (χ3n) is 3.41. The Bertz CT molecular complexity index is 638. The van der Waals surface area contributed by atoms with Gasteiger partial charge < -0.3 is 21.2 Å². The van der Waals surface area contributed by atoms with Crippen molar-refractivity contribution in [1.29, 1.82) is 5.41 Å². The minimum absolute atomic E-state index is 0.196. The molecule has 5 heteroatoms. The van der Waals surface area contributed by atoms with Crippen LogP contribution in [0.15, 0.2) is 42.5 Å². The summed E-state index contributed by atoms with van der Waals surface area (Å²) in [4.78, 5) is 0. The largest absolute Gasteiger partial charge is 0.496 e. The van der Waals surface area contributed by atoms with Gasteiger partial charge in [-0.15, -0.1) is 0 Å². The van der Waals surface area contributed by atoms with Gasteiger partial charge in [0, 0.05) is 36.5 Å². The molecule has 0 unspecified atom stereocenters. The molecule has 0 aliphatic rings. The van der Waals surface area contributed by atoms with Crippen LogP contribution < -0.4 is 15.8 Å². The van der Waals surface area contributed by atoms with Crippen LogP contribution >= 0.6 is 0 Å². The van der Waals surface area contributed by atoms with Crippen molar-refractivity contribution in [2.75, 3.05) is 19.4 Å². The Balaban J connectivity index is 1.88. The maximum absolute atomic E-state index is 13.7. The Hall–Kier alpha value is -2.40. The number of rotatable bonds is 7. The molecule has 0 aromatic heterocycles. The highest BCUT2D eigenvalue weighted by Gasteiger charge is 2.11. The van der Waals surface area contributed by atoms with Gasteiger partial charge in [0.25, 0.3) is 0 Å². The van der Waals surface area contributed by atoms with Crippen LogP contribution in [0.25, 0.3) is 0 Å². The maximum Gasteiger partial charge on any atom is 0.134 e. The Labute approximate surface area is 129 Å². The fourth-order valence-corrected chi connectivity index (χ4v) is 2.27. The predicted molar refractivity (Wildman–Crippen MR) is 87.0 cm³/mol. The number of hydrogen-bond donors (Lipinski definition) is 3. The zero-order valence-electron chi connectivity index (χ0n) is 12.5. The van der Waals surface area contributed by atoms with E-state index < -0.39 is 5.82 Å². The molecular formula is C17H20FN3O. The minimum Gasteiger partial charge on any atom is -0.496 e. The molecule has 2 rings (SSSR count). The van der Waals surface area contributed by atoms with Crippen LogP contribution in [-0.4, -0.2) is 19.4 Å². The first-order chi connectivity index (χ1) is 10.6. The van der Waals surface area contributed by atoms with E-state index in [2.05, 4.69) is 5.32 Å². The third kappa shape index (κ3) is 3.83. The number of nitrogens with one attached hydrogen (secondary N) is 2. The first kappa shape index (κ1) is 16.0. The molecule has 116 valence electrons. The van der Waals surface area contributed by atoms with Gasteiger partial charge in [-0.1, -0.05) is 24.3 Å². The van der Waals surface area contributed by atoms with E-state index in [1.165, 1.54) is 6.07 Å². The first-order valence-corrected chi connectivity index (χ1v) is 7.08. The van der Waals surface area contributed by atoms with E-state index in [1.807, 2.05) is 24.3 Å². The summed E-state index contributed by atoms with van der Waals surface area (Å²) in [6, 6.07) is 12.2. The van der Waals surface area contributed by atoms with E-state index in [-0.39, 0.29) is 11.3 Å². The van der Waals surface area contributed by atoms with E-state index in [9.17, 15) is 4.39 Å². The van der Waals surface area contributed by atoms with Gasteiger partial charge in [-0.3, -0.25) is 0 Å². The summed E-state index contributed by atoms with van der Waals surface area (Å²) in [7, 11) is 1.63. The highest BCUT2D eigenvalue weighted by molar-refractivity contribution is 6.02. The van der Waals surface area contributed by atoms with Crippen LogP contribution in [0.4, 0.5) is 10.1 Å². The zero-order valence-corrected chi connectivity index (χ0v) is 12.5. The van der Waals surface area contributed by atoms with Crippen molar-refractivity contribution < 1.29 is 9.13 Å². The van der Waals surface area contributed by atoms with Crippen molar-refractivity contribution in [2.45, 2.75) is 13.0 Å². The van der Waals surface area contributed by atoms with Gasteiger partial charge in [0.05, 0.1) is 12.7 Å². The molecule has 0 spiro atoms. The average molecular weight is 301 g/mol. The molecule has 4 N–H and O–H groups in total. The van der Waals surface area contributed by atoms with Crippen molar-refractivity contribution in [3.63, 3.8) is 0 Å². The van der Waals surface area contributed by atoms with Crippen LogP contribution in [0.1, 0.15) is 17.5 Å². The quantitative estimate of drug-likeness (QED) is 0.418. The molecular weight excluding hydrogens is 281 g/mol. The van der Waals surface area contributed by atoms with Gasteiger partial charge in [0.15, 0.2) is 0 Å². The van der Waals surface area contributed by atoms with Gasteiger partial charge in [-0.05, 0) is 18.2 Å². The molecule has 4 nitrogen and oxygen atoms in total. The summed E-state index contributed by atoms with van der Waals surface area (Å²) in [5.74, 6) is 0.373. The lowest BCUT2D eigenvalue weighted by Gasteiger charge is -2.11. The second kappa shape index (κ2) is 7.56. The van der Waals surface area contributed by atoms with E-state index in [1.54, 1.807) is 19.2 Å². The van der Waals surface area contributed by atoms with Crippen molar-refractivity contribution in [3.8, 4) is 5.75 Å². The number of para-hydroxylation sites is 1. The predicted octanol–water partition coefficient (Wildman–Crippen LogP) is 2.96. The van der Waals surface area contributed by atoms with Crippen molar-refractivity contribution in [3.05, 3.63) is 59.4 Å². The molecule has 0 heterocycles. The summed E-state index contributed by atoms with van der Waals surface area (Å²) >= 11 is 0. The topological polar surface area (TPSA) is 71.1 Å². The molecule has 0 aliphatic carbocycles. The second-order valence-corrected chi connectivity index (χ2v) is 4.92. The van der Waals surface area contributed by atoms with Crippen molar-refractivity contribution in [2.24, 2.45) is 0 Å². The number of benzene rings is 2. The molecule has 0 radical (unpaired) electrons. The van der Waals surface area contributed by atoms with Gasteiger partial charge in [-0.25, -0.2) is 4.39 Å². The van der Waals surface area contributed by atoms with Crippen LogP contribution in [0.5, 0.6) is 5.75 Å². The number of methoxy groups -OCH3 is 1. The minimum atomic E-state index is -0.449. The smallest absolute Gasteiger partial charge is 0.134 e. The number of ether oxygens (including phenoxy) is 1. The normalized spacial score (nSPS) is 10.5. The lowest BCUT2D eigenvalue weighted by atomic mass is 10.0. The van der Waals surface area contributed by atoms with Crippen molar-refractivity contribution in [1.82, 2.24) is 5.32 Å². The third-order valence-corrected chi connectivity index (χ3v) is 3.41. The van der Waals surface area contributed by atoms with Crippen LogP contribution in [-0.2, 0) is 6.54 Å². The van der Waals surface area contributed by atoms with E-state index in [4.69, 9.17) is 15.9 Å². The standard InChI is InChI=1S/C17H20FN3O/c1-22-16-8-3-2-5-12(16)11-21-10-9-15(20)17-13(18)6-4-7-14(17)19/h2-8,20-21H,9-11,19H2,1H3. The molecule has 2 aromatic rings. The molecule has 2 aromatic carbocycles. The molecule has 0 saturated heterocycles. The van der Waals surface area contributed by atoms with Crippen molar-refractivity contribution >= 4 is 11.4 Å². The summed E-state index contributed by atoms with van der Waals surface area (Å²) < 4.78 is 19.0. The van der Waals surface area contributed by atoms with Crippen LogP contribution in [0, 0.1) is 11.2 Å². The van der Waals surface area contributed by atoms with E-state index >= 15 is 0 Å². The van der Waals surface area contributed by atoms with E-state index in [0.717, 1.165) is 11.3 Å². The SMILES string of the molecule is COc1ccccc1CNCCC(=N)c1c(N)cccc1F. The molecule has 0 fully saturated rings. The zero-order chi connectivity index (χ0) is 15.9. The highest BCUT2D eigenvalue weighted by atomic mass is 19.1. The molecule has 0 atom stereocenters. The number of hydrogen-bond acceptors (Lipinski definition) is 4. The molecule has 22 heavy (non-hydrogen) atoms. The Kier molecular flexibility index (Phi) is 5.49. The summed E-state index contributed by atoms with van der Waals surface area (Å²) in [6.45, 7) is 1.19. The molecule has 0 bridgehead atoms. The van der Waals surface area contributed by atoms with Crippen LogP contribution in [0.2, 0.25) is 0 Å². The highest BCUT2D eigenvalue weighted by Crippen LogP contribution is 2.18. The van der Waals surface area contributed by atoms with Gasteiger partial charge in [0.2, 0.25) is 0 Å². The van der Waals surface area contributed by atoms with E-state index in [0.29, 0.717) is 25.2 Å². The lowest BCUT2D eigenvalue weighted by molar-refractivity contribution is 0.408. The summed E-state index contributed by atoms with van der Waals surface area (Å²) in [5.41, 5.74) is 7.48. The Morgan fingerprint density at radius 2 is 2.00 bits per heavy atom. The number of halogens is 1. The Morgan fingerprint density at radius 3 is 2.73 bits per heavy atom. The fraction of sp³-hybridized carbons (Fsp3) is 0.235. The van der Waals surface area contributed by atoms with Gasteiger partial charge in [0.1, 0.15) is 11.6 Å². The number of nitrogens with two attached hydrogens (primary N) is 1. The number of anilines is 1. The Morgan fingerprint density at radius 1 is 1.23 bits per heavy atom. The summed E-state index contributed by atoms with van der Waals surface area (Å²) in [6.07, 6.45) is 0.403. The maximum atomic E-state index is 13.7. The summed E-state index contributed by atoms with van der Waals surface area (Å²) in [5, 5.41) is 11.2. The van der Waals surface area contributed by atoms with Gasteiger partial charge in [-0.2, -0.15) is 0 Å². The van der Waals surface area contributed by atoms with Crippen LogP contribution in [0.3, 0.4) is 0 Å². The fourth-order valence-electron chi connectivity index (χ4n) is 2.27. The van der Waals surface area contributed by atoms with Gasteiger partial charge >= 0.3 is 0 Å². The molecule has 0 saturated carbocycles. The first-order valence-electron chi connectivity index (χ1n) is 7.08. The average Bonchev–Trinajstić information content (AvgIpc) is 2.51. The lowest BCUT2D eigenvalue weighted by Crippen LogP contribution is -2.19. The molecule has 0 aliphatic heterocycles. The number of nitrogen functional groups attached to an aromatic ring is 1. The monoisotopic (exact) mass is 301 g/mol.